The second-order valence-corrected chi connectivity index (χ2v) is 8.73. The number of carbonyl (C=O) groups excluding carboxylic acids is 3. The second-order valence-electron chi connectivity index (χ2n) is 8.73. The second kappa shape index (κ2) is 12.0. The molecule has 36 heavy (non-hydrogen) atoms. The monoisotopic (exact) mass is 493 g/mol. The predicted molar refractivity (Wildman–Crippen MR) is 135 cm³/mol. The van der Waals surface area contributed by atoms with E-state index >= 15 is 0 Å². The Balaban J connectivity index is 1.81. The molecule has 0 radical (unpaired) electrons. The first-order valence-corrected chi connectivity index (χ1v) is 11.6. The quantitative estimate of drug-likeness (QED) is 0.232. The number of amides is 3. The first kappa shape index (κ1) is 26.4. The number of aliphatic carboxylic acids is 1. The van der Waals surface area contributed by atoms with Crippen LogP contribution in [0.4, 0.5) is 0 Å². The van der Waals surface area contributed by atoms with Crippen molar-refractivity contribution in [3.05, 3.63) is 71.9 Å². The standard InChI is InChI=1S/C26H31N5O5/c1-15(27)23(32)29-16(2)24(33)30-21(13-18-14-28-20-11-7-6-10-19(18)20)25(34)31-22(26(35)36)12-17-8-4-3-5-9-17/h3-11,14-16,21-22,28H,12-13,27H2,1-2H3,(H,29,32)(H,30,33)(H,31,34)(H,35,36). The smallest absolute Gasteiger partial charge is 0.326 e. The van der Waals surface area contributed by atoms with Gasteiger partial charge in [0.15, 0.2) is 0 Å². The lowest BCUT2D eigenvalue weighted by Gasteiger charge is -2.23. The summed E-state index contributed by atoms with van der Waals surface area (Å²) in [5.74, 6) is -2.95. The van der Waals surface area contributed by atoms with Crippen molar-refractivity contribution >= 4 is 34.6 Å². The molecule has 0 spiro atoms. The van der Waals surface area contributed by atoms with Crippen LogP contribution in [0.25, 0.3) is 10.9 Å². The Morgan fingerprint density at radius 2 is 1.47 bits per heavy atom. The van der Waals surface area contributed by atoms with Crippen molar-refractivity contribution in [2.45, 2.75) is 50.9 Å². The highest BCUT2D eigenvalue weighted by atomic mass is 16.4. The number of benzene rings is 2. The fourth-order valence-corrected chi connectivity index (χ4v) is 3.76. The van der Waals surface area contributed by atoms with Gasteiger partial charge in [-0.3, -0.25) is 14.4 Å². The highest BCUT2D eigenvalue weighted by Crippen LogP contribution is 2.19. The highest BCUT2D eigenvalue weighted by molar-refractivity contribution is 5.94. The predicted octanol–water partition coefficient (Wildman–Crippen LogP) is 0.859. The van der Waals surface area contributed by atoms with Crippen molar-refractivity contribution in [2.24, 2.45) is 5.73 Å². The zero-order valence-corrected chi connectivity index (χ0v) is 20.2. The van der Waals surface area contributed by atoms with Crippen molar-refractivity contribution in [3.63, 3.8) is 0 Å². The minimum absolute atomic E-state index is 0.0799. The molecule has 2 aromatic carbocycles. The fraction of sp³-hybridized carbons (Fsp3) is 0.308. The molecule has 7 N–H and O–H groups in total. The van der Waals surface area contributed by atoms with Crippen LogP contribution >= 0.6 is 0 Å². The molecule has 0 aliphatic carbocycles. The van der Waals surface area contributed by atoms with Crippen LogP contribution in [0.3, 0.4) is 0 Å². The van der Waals surface area contributed by atoms with Crippen LogP contribution in [0.2, 0.25) is 0 Å². The van der Waals surface area contributed by atoms with Crippen LogP contribution in [-0.2, 0) is 32.0 Å². The Labute approximate surface area is 208 Å². The summed E-state index contributed by atoms with van der Waals surface area (Å²) in [6, 6.07) is 12.4. The molecule has 190 valence electrons. The van der Waals surface area contributed by atoms with E-state index in [9.17, 15) is 24.3 Å². The summed E-state index contributed by atoms with van der Waals surface area (Å²) in [5, 5.41) is 18.3. The molecule has 3 amide bonds. The average molecular weight is 494 g/mol. The van der Waals surface area contributed by atoms with Crippen molar-refractivity contribution in [3.8, 4) is 0 Å². The lowest BCUT2D eigenvalue weighted by atomic mass is 10.0. The summed E-state index contributed by atoms with van der Waals surface area (Å²) in [7, 11) is 0. The maximum absolute atomic E-state index is 13.3. The zero-order valence-electron chi connectivity index (χ0n) is 20.2. The zero-order chi connectivity index (χ0) is 26.2. The molecule has 0 bridgehead atoms. The van der Waals surface area contributed by atoms with Gasteiger partial charge >= 0.3 is 5.97 Å². The van der Waals surface area contributed by atoms with Gasteiger partial charge in [0.1, 0.15) is 18.1 Å². The van der Waals surface area contributed by atoms with E-state index in [0.29, 0.717) is 0 Å². The largest absolute Gasteiger partial charge is 0.480 e. The number of nitrogens with one attached hydrogen (secondary N) is 4. The number of para-hydroxylation sites is 1. The van der Waals surface area contributed by atoms with Gasteiger partial charge in [-0.25, -0.2) is 4.79 Å². The van der Waals surface area contributed by atoms with Gasteiger partial charge in [-0.05, 0) is 31.0 Å². The molecule has 0 saturated heterocycles. The molecule has 0 aliphatic rings. The molecule has 4 atom stereocenters. The summed E-state index contributed by atoms with van der Waals surface area (Å²) >= 11 is 0. The van der Waals surface area contributed by atoms with E-state index in [1.54, 1.807) is 30.5 Å². The number of rotatable bonds is 11. The van der Waals surface area contributed by atoms with E-state index < -0.39 is 47.9 Å². The van der Waals surface area contributed by atoms with E-state index in [2.05, 4.69) is 20.9 Å². The third-order valence-corrected chi connectivity index (χ3v) is 5.79. The van der Waals surface area contributed by atoms with E-state index in [1.165, 1.54) is 13.8 Å². The minimum Gasteiger partial charge on any atom is -0.480 e. The summed E-state index contributed by atoms with van der Waals surface area (Å²) in [4.78, 5) is 53.1. The van der Waals surface area contributed by atoms with Gasteiger partial charge in [-0.2, -0.15) is 0 Å². The number of hydrogen-bond acceptors (Lipinski definition) is 5. The number of carbonyl (C=O) groups is 4. The molecule has 0 saturated carbocycles. The normalized spacial score (nSPS) is 14.3. The number of hydrogen-bond donors (Lipinski definition) is 6. The Hall–Kier alpha value is -4.18. The molecular weight excluding hydrogens is 462 g/mol. The van der Waals surface area contributed by atoms with E-state index in [-0.39, 0.29) is 12.8 Å². The van der Waals surface area contributed by atoms with Gasteiger partial charge in [-0.15, -0.1) is 0 Å². The minimum atomic E-state index is -1.20. The van der Waals surface area contributed by atoms with Crippen molar-refractivity contribution < 1.29 is 24.3 Å². The number of aromatic nitrogens is 1. The first-order chi connectivity index (χ1) is 17.2. The van der Waals surface area contributed by atoms with Crippen molar-refractivity contribution in [2.75, 3.05) is 0 Å². The topological polar surface area (TPSA) is 166 Å². The number of aromatic amines is 1. The van der Waals surface area contributed by atoms with Crippen LogP contribution in [0.15, 0.2) is 60.8 Å². The number of nitrogens with two attached hydrogens (primary N) is 1. The maximum Gasteiger partial charge on any atom is 0.326 e. The SMILES string of the molecule is CC(N)C(=O)NC(C)C(=O)NC(Cc1c[nH]c2ccccc12)C(=O)NC(Cc1ccccc1)C(=O)O. The van der Waals surface area contributed by atoms with E-state index in [4.69, 9.17) is 5.73 Å². The molecule has 1 heterocycles. The van der Waals surface area contributed by atoms with Crippen molar-refractivity contribution in [1.29, 1.82) is 0 Å². The van der Waals surface area contributed by atoms with E-state index in [0.717, 1.165) is 22.0 Å². The van der Waals surface area contributed by atoms with Gasteiger partial charge in [0.25, 0.3) is 0 Å². The summed E-state index contributed by atoms with van der Waals surface area (Å²) < 4.78 is 0. The third-order valence-electron chi connectivity index (χ3n) is 5.79. The fourth-order valence-electron chi connectivity index (χ4n) is 3.76. The van der Waals surface area contributed by atoms with Gasteiger partial charge in [0, 0.05) is 29.9 Å². The maximum atomic E-state index is 13.3. The molecule has 3 rings (SSSR count). The van der Waals surface area contributed by atoms with Crippen LogP contribution < -0.4 is 21.7 Å². The molecular formula is C26H31N5O5. The first-order valence-electron chi connectivity index (χ1n) is 11.6. The molecule has 3 aromatic rings. The van der Waals surface area contributed by atoms with Crippen LogP contribution in [0.1, 0.15) is 25.0 Å². The third kappa shape index (κ3) is 6.92. The van der Waals surface area contributed by atoms with Gasteiger partial charge in [-0.1, -0.05) is 48.5 Å². The van der Waals surface area contributed by atoms with E-state index in [1.807, 2.05) is 30.3 Å². The summed E-state index contributed by atoms with van der Waals surface area (Å²) in [5.41, 5.74) is 7.94. The molecule has 10 heteroatoms. The molecule has 10 nitrogen and oxygen atoms in total. The number of H-pyrrole nitrogens is 1. The van der Waals surface area contributed by atoms with Gasteiger partial charge in [0.05, 0.1) is 6.04 Å². The molecule has 0 aliphatic heterocycles. The van der Waals surface area contributed by atoms with Crippen molar-refractivity contribution in [1.82, 2.24) is 20.9 Å². The summed E-state index contributed by atoms with van der Waals surface area (Å²) in [6.07, 6.45) is 1.93. The highest BCUT2D eigenvalue weighted by Gasteiger charge is 2.29. The lowest BCUT2D eigenvalue weighted by molar-refractivity contribution is -0.142. The Morgan fingerprint density at radius 3 is 2.14 bits per heavy atom. The average Bonchev–Trinajstić information content (AvgIpc) is 3.26. The Bertz CT molecular complexity index is 1220. The van der Waals surface area contributed by atoms with Crippen LogP contribution in [0, 0.1) is 0 Å². The molecule has 4 unspecified atom stereocenters. The lowest BCUT2D eigenvalue weighted by Crippen LogP contribution is -2.57. The Morgan fingerprint density at radius 1 is 0.833 bits per heavy atom. The van der Waals surface area contributed by atoms with Gasteiger partial charge in [0.2, 0.25) is 17.7 Å². The number of carboxylic acids is 1. The van der Waals surface area contributed by atoms with Gasteiger partial charge < -0.3 is 31.8 Å². The Kier molecular flexibility index (Phi) is 8.80. The van der Waals surface area contributed by atoms with Crippen LogP contribution in [0.5, 0.6) is 0 Å². The number of fused-ring (bicyclic) bond motifs is 1. The number of carboxylic acid groups (broad SMARTS) is 1. The van der Waals surface area contributed by atoms with Crippen LogP contribution in [-0.4, -0.2) is 57.9 Å². The molecule has 0 fully saturated rings. The summed E-state index contributed by atoms with van der Waals surface area (Å²) in [6.45, 7) is 2.97. The molecule has 1 aromatic heterocycles.